The summed E-state index contributed by atoms with van der Waals surface area (Å²) >= 11 is 0. The summed E-state index contributed by atoms with van der Waals surface area (Å²) in [5, 5.41) is 0. The molecular weight excluding hydrogens is 246 g/mol. The molecule has 0 amide bonds. The van der Waals surface area contributed by atoms with E-state index >= 15 is 0 Å². The van der Waals surface area contributed by atoms with Gasteiger partial charge in [0.15, 0.2) is 0 Å². The lowest BCUT2D eigenvalue weighted by Crippen LogP contribution is -2.48. The minimum atomic E-state index is 0.691. The first-order chi connectivity index (χ1) is 9.83. The SMILES string of the molecule is CCN(Cc1ccccc1)C[C@H]1CCCCN1CCN. The molecule has 1 aromatic carbocycles. The van der Waals surface area contributed by atoms with Crippen molar-refractivity contribution in [2.45, 2.75) is 38.8 Å². The predicted molar refractivity (Wildman–Crippen MR) is 85.7 cm³/mol. The summed E-state index contributed by atoms with van der Waals surface area (Å²) in [6.45, 7) is 8.66. The predicted octanol–water partition coefficient (Wildman–Crippen LogP) is 2.32. The highest BCUT2D eigenvalue weighted by Crippen LogP contribution is 2.18. The van der Waals surface area contributed by atoms with Crippen LogP contribution in [0.4, 0.5) is 0 Å². The average molecular weight is 275 g/mol. The third kappa shape index (κ3) is 4.58. The Hall–Kier alpha value is -0.900. The molecule has 0 aromatic heterocycles. The minimum Gasteiger partial charge on any atom is -0.329 e. The van der Waals surface area contributed by atoms with Crippen LogP contribution in [0.5, 0.6) is 0 Å². The fourth-order valence-corrected chi connectivity index (χ4v) is 3.17. The minimum absolute atomic E-state index is 0.691. The summed E-state index contributed by atoms with van der Waals surface area (Å²) in [5.74, 6) is 0. The lowest BCUT2D eigenvalue weighted by Gasteiger charge is -2.38. The Morgan fingerprint density at radius 1 is 1.25 bits per heavy atom. The number of benzene rings is 1. The molecule has 1 saturated heterocycles. The van der Waals surface area contributed by atoms with E-state index < -0.39 is 0 Å². The van der Waals surface area contributed by atoms with Crippen LogP contribution in [0.3, 0.4) is 0 Å². The van der Waals surface area contributed by atoms with Gasteiger partial charge in [-0.2, -0.15) is 0 Å². The van der Waals surface area contributed by atoms with E-state index in [1.807, 2.05) is 0 Å². The highest BCUT2D eigenvalue weighted by molar-refractivity contribution is 5.14. The van der Waals surface area contributed by atoms with Gasteiger partial charge in [-0.05, 0) is 31.5 Å². The van der Waals surface area contributed by atoms with Gasteiger partial charge in [0, 0.05) is 32.2 Å². The molecule has 0 saturated carbocycles. The summed E-state index contributed by atoms with van der Waals surface area (Å²) < 4.78 is 0. The molecule has 3 nitrogen and oxygen atoms in total. The number of nitrogens with two attached hydrogens (primary N) is 1. The molecule has 0 bridgehead atoms. The Bertz CT molecular complexity index is 364. The molecule has 2 N–H and O–H groups in total. The van der Waals surface area contributed by atoms with Gasteiger partial charge in [-0.1, -0.05) is 43.7 Å². The molecular formula is C17H29N3. The quantitative estimate of drug-likeness (QED) is 0.829. The third-order valence-electron chi connectivity index (χ3n) is 4.33. The molecule has 20 heavy (non-hydrogen) atoms. The van der Waals surface area contributed by atoms with Crippen LogP contribution in [0.2, 0.25) is 0 Å². The molecule has 3 heteroatoms. The van der Waals surface area contributed by atoms with Crippen molar-refractivity contribution in [2.24, 2.45) is 5.73 Å². The van der Waals surface area contributed by atoms with Gasteiger partial charge in [-0.25, -0.2) is 0 Å². The molecule has 1 aromatic rings. The van der Waals surface area contributed by atoms with Crippen molar-refractivity contribution >= 4 is 0 Å². The van der Waals surface area contributed by atoms with E-state index in [4.69, 9.17) is 5.73 Å². The van der Waals surface area contributed by atoms with Crippen molar-refractivity contribution in [3.63, 3.8) is 0 Å². The van der Waals surface area contributed by atoms with E-state index in [0.29, 0.717) is 6.04 Å². The zero-order valence-electron chi connectivity index (χ0n) is 12.8. The summed E-state index contributed by atoms with van der Waals surface area (Å²) in [5.41, 5.74) is 7.17. The molecule has 0 radical (unpaired) electrons. The molecule has 1 heterocycles. The molecule has 0 spiro atoms. The van der Waals surface area contributed by atoms with Crippen molar-refractivity contribution in [3.8, 4) is 0 Å². The lowest BCUT2D eigenvalue weighted by molar-refractivity contribution is 0.106. The fourth-order valence-electron chi connectivity index (χ4n) is 3.17. The van der Waals surface area contributed by atoms with Gasteiger partial charge < -0.3 is 5.73 Å². The molecule has 0 aliphatic carbocycles. The van der Waals surface area contributed by atoms with Crippen LogP contribution in [0, 0.1) is 0 Å². The largest absolute Gasteiger partial charge is 0.329 e. The molecule has 1 aliphatic rings. The van der Waals surface area contributed by atoms with Crippen molar-refractivity contribution in [3.05, 3.63) is 35.9 Å². The number of nitrogens with zero attached hydrogens (tertiary/aromatic N) is 2. The first kappa shape index (κ1) is 15.5. The van der Waals surface area contributed by atoms with E-state index in [2.05, 4.69) is 47.1 Å². The first-order valence-electron chi connectivity index (χ1n) is 8.04. The number of hydrogen-bond donors (Lipinski definition) is 1. The summed E-state index contributed by atoms with van der Waals surface area (Å²) in [6.07, 6.45) is 4.03. The van der Waals surface area contributed by atoms with Crippen LogP contribution in [0.1, 0.15) is 31.7 Å². The number of likely N-dealkylation sites (tertiary alicyclic amines) is 1. The van der Waals surface area contributed by atoms with E-state index in [0.717, 1.165) is 26.2 Å². The smallest absolute Gasteiger partial charge is 0.0234 e. The number of rotatable bonds is 7. The molecule has 1 atom stereocenters. The topological polar surface area (TPSA) is 32.5 Å². The Morgan fingerprint density at radius 3 is 2.75 bits per heavy atom. The first-order valence-corrected chi connectivity index (χ1v) is 8.04. The van der Waals surface area contributed by atoms with Gasteiger partial charge in [0.25, 0.3) is 0 Å². The van der Waals surface area contributed by atoms with Crippen LogP contribution in [-0.4, -0.2) is 48.6 Å². The maximum atomic E-state index is 5.75. The molecule has 2 rings (SSSR count). The molecule has 0 unspecified atom stereocenters. The number of hydrogen-bond acceptors (Lipinski definition) is 3. The fraction of sp³-hybridized carbons (Fsp3) is 0.647. The van der Waals surface area contributed by atoms with Gasteiger partial charge in [-0.3, -0.25) is 9.80 Å². The van der Waals surface area contributed by atoms with Crippen LogP contribution in [0.15, 0.2) is 30.3 Å². The van der Waals surface area contributed by atoms with Gasteiger partial charge in [0.05, 0.1) is 0 Å². The third-order valence-corrected chi connectivity index (χ3v) is 4.33. The Kier molecular flexibility index (Phi) is 6.51. The summed E-state index contributed by atoms with van der Waals surface area (Å²) in [6, 6.07) is 11.5. The van der Waals surface area contributed by atoms with E-state index in [1.54, 1.807) is 0 Å². The van der Waals surface area contributed by atoms with Crippen LogP contribution < -0.4 is 5.73 Å². The molecule has 1 fully saturated rings. The second kappa shape index (κ2) is 8.40. The monoisotopic (exact) mass is 275 g/mol. The highest BCUT2D eigenvalue weighted by atomic mass is 15.2. The van der Waals surface area contributed by atoms with Crippen molar-refractivity contribution in [1.29, 1.82) is 0 Å². The standard InChI is InChI=1S/C17H29N3/c1-2-19(14-16-8-4-3-5-9-16)15-17-10-6-7-12-20(17)13-11-18/h3-5,8-9,17H,2,6-7,10-15,18H2,1H3/t17-/m1/s1. The van der Waals surface area contributed by atoms with Crippen LogP contribution >= 0.6 is 0 Å². The molecule has 1 aliphatic heterocycles. The zero-order valence-corrected chi connectivity index (χ0v) is 12.8. The number of piperidine rings is 1. The van der Waals surface area contributed by atoms with E-state index in [9.17, 15) is 0 Å². The maximum absolute atomic E-state index is 5.75. The molecule has 112 valence electrons. The second-order valence-corrected chi connectivity index (χ2v) is 5.79. The highest BCUT2D eigenvalue weighted by Gasteiger charge is 2.23. The van der Waals surface area contributed by atoms with Crippen LogP contribution in [-0.2, 0) is 6.54 Å². The van der Waals surface area contributed by atoms with Crippen LogP contribution in [0.25, 0.3) is 0 Å². The normalized spacial score (nSPS) is 20.4. The lowest BCUT2D eigenvalue weighted by atomic mass is 10.0. The van der Waals surface area contributed by atoms with Crippen molar-refractivity contribution in [1.82, 2.24) is 9.80 Å². The summed E-state index contributed by atoms with van der Waals surface area (Å²) in [7, 11) is 0. The van der Waals surface area contributed by atoms with Gasteiger partial charge in [0.2, 0.25) is 0 Å². The van der Waals surface area contributed by atoms with E-state index in [1.165, 1.54) is 37.9 Å². The Balaban J connectivity index is 1.90. The maximum Gasteiger partial charge on any atom is 0.0234 e. The average Bonchev–Trinajstić information content (AvgIpc) is 2.50. The van der Waals surface area contributed by atoms with Gasteiger partial charge in [-0.15, -0.1) is 0 Å². The van der Waals surface area contributed by atoms with Gasteiger partial charge in [0.1, 0.15) is 0 Å². The van der Waals surface area contributed by atoms with Crippen molar-refractivity contribution in [2.75, 3.05) is 32.7 Å². The van der Waals surface area contributed by atoms with Gasteiger partial charge >= 0.3 is 0 Å². The Labute approximate surface area is 123 Å². The Morgan fingerprint density at radius 2 is 2.05 bits per heavy atom. The van der Waals surface area contributed by atoms with Crippen molar-refractivity contribution < 1.29 is 0 Å². The van der Waals surface area contributed by atoms with E-state index in [-0.39, 0.29) is 0 Å². The number of likely N-dealkylation sites (N-methyl/N-ethyl adjacent to an activating group) is 1. The summed E-state index contributed by atoms with van der Waals surface area (Å²) in [4.78, 5) is 5.16. The zero-order chi connectivity index (χ0) is 14.2. The second-order valence-electron chi connectivity index (χ2n) is 5.79.